The summed E-state index contributed by atoms with van der Waals surface area (Å²) in [5, 5.41) is 3.48. The number of halogens is 2. The van der Waals surface area contributed by atoms with E-state index in [0.717, 1.165) is 16.5 Å². The van der Waals surface area contributed by atoms with Gasteiger partial charge in [0.05, 0.1) is 0 Å². The van der Waals surface area contributed by atoms with Gasteiger partial charge in [-0.15, -0.1) is 0 Å². The van der Waals surface area contributed by atoms with Gasteiger partial charge in [0.2, 0.25) is 0 Å². The minimum absolute atomic E-state index is 0.0503. The van der Waals surface area contributed by atoms with Crippen LogP contribution >= 0.6 is 15.9 Å². The monoisotopic (exact) mass is 329 g/mol. The first-order valence-electron chi connectivity index (χ1n) is 7.25. The molecule has 2 atom stereocenters. The lowest BCUT2D eigenvalue weighted by atomic mass is 10.0. The summed E-state index contributed by atoms with van der Waals surface area (Å²) in [5.74, 6) is -0.146. The van der Waals surface area contributed by atoms with E-state index in [2.05, 4.69) is 35.1 Å². The van der Waals surface area contributed by atoms with Crippen molar-refractivity contribution >= 4 is 15.9 Å². The smallest absolute Gasteiger partial charge is 0.129 e. The van der Waals surface area contributed by atoms with Gasteiger partial charge in [-0.1, -0.05) is 54.6 Å². The van der Waals surface area contributed by atoms with E-state index in [1.165, 1.54) is 31.7 Å². The van der Waals surface area contributed by atoms with Crippen LogP contribution in [0.3, 0.4) is 0 Å². The Kier molecular flexibility index (Phi) is 7.62. The third-order valence-electron chi connectivity index (χ3n) is 3.45. The summed E-state index contributed by atoms with van der Waals surface area (Å²) >= 11 is 3.28. The number of hydrogen-bond acceptors (Lipinski definition) is 1. The molecule has 0 aliphatic carbocycles. The van der Waals surface area contributed by atoms with Crippen molar-refractivity contribution in [1.82, 2.24) is 5.32 Å². The maximum absolute atomic E-state index is 13.8. The minimum atomic E-state index is -0.146. The van der Waals surface area contributed by atoms with E-state index in [1.54, 1.807) is 0 Å². The van der Waals surface area contributed by atoms with Gasteiger partial charge in [-0.2, -0.15) is 0 Å². The Balaban J connectivity index is 2.43. The predicted octanol–water partition coefficient (Wildman–Crippen LogP) is 5.60. The molecule has 0 aliphatic rings. The fourth-order valence-electron chi connectivity index (χ4n) is 2.33. The number of rotatable bonds is 8. The van der Waals surface area contributed by atoms with Gasteiger partial charge in [0.15, 0.2) is 0 Å². The molecule has 0 spiro atoms. The predicted molar refractivity (Wildman–Crippen MR) is 83.9 cm³/mol. The molecule has 3 heteroatoms. The number of nitrogens with one attached hydrogen (secondary N) is 1. The fourth-order valence-corrected chi connectivity index (χ4v) is 2.66. The molecule has 0 aromatic heterocycles. The Morgan fingerprint density at radius 3 is 2.58 bits per heavy atom. The fraction of sp³-hybridized carbons (Fsp3) is 0.625. The van der Waals surface area contributed by atoms with Crippen molar-refractivity contribution in [3.05, 3.63) is 34.1 Å². The number of hydrogen-bond donors (Lipinski definition) is 1. The van der Waals surface area contributed by atoms with E-state index in [4.69, 9.17) is 0 Å². The Labute approximate surface area is 125 Å². The SMILES string of the molecule is CCCCCCC(C)NC(C)c1ccc(Br)cc1F. The maximum Gasteiger partial charge on any atom is 0.129 e. The van der Waals surface area contributed by atoms with Crippen LogP contribution in [0.5, 0.6) is 0 Å². The van der Waals surface area contributed by atoms with Gasteiger partial charge in [-0.3, -0.25) is 0 Å². The second-order valence-corrected chi connectivity index (χ2v) is 6.22. The molecule has 1 aromatic carbocycles. The lowest BCUT2D eigenvalue weighted by molar-refractivity contribution is 0.428. The topological polar surface area (TPSA) is 12.0 Å². The van der Waals surface area contributed by atoms with E-state index in [9.17, 15) is 4.39 Å². The molecule has 19 heavy (non-hydrogen) atoms. The zero-order valence-electron chi connectivity index (χ0n) is 12.2. The third kappa shape index (κ3) is 6.05. The third-order valence-corrected chi connectivity index (χ3v) is 3.95. The largest absolute Gasteiger partial charge is 0.308 e. The van der Waals surface area contributed by atoms with Gasteiger partial charge >= 0.3 is 0 Å². The van der Waals surface area contributed by atoms with Crippen LogP contribution in [0.15, 0.2) is 22.7 Å². The highest BCUT2D eigenvalue weighted by Crippen LogP contribution is 2.21. The number of benzene rings is 1. The van der Waals surface area contributed by atoms with Gasteiger partial charge in [0.25, 0.3) is 0 Å². The molecule has 2 unspecified atom stereocenters. The molecule has 1 nitrogen and oxygen atoms in total. The molecule has 108 valence electrons. The summed E-state index contributed by atoms with van der Waals surface area (Å²) in [7, 11) is 0. The molecule has 0 aliphatic heterocycles. The van der Waals surface area contributed by atoms with Crippen LogP contribution in [0.25, 0.3) is 0 Å². The van der Waals surface area contributed by atoms with Crippen LogP contribution in [0.2, 0.25) is 0 Å². The molecule has 0 saturated carbocycles. The molecular formula is C16H25BrFN. The highest BCUT2D eigenvalue weighted by atomic mass is 79.9. The quantitative estimate of drug-likeness (QED) is 0.612. The van der Waals surface area contributed by atoms with E-state index in [0.29, 0.717) is 6.04 Å². The summed E-state index contributed by atoms with van der Waals surface area (Å²) in [5.41, 5.74) is 0.739. The summed E-state index contributed by atoms with van der Waals surface area (Å²) in [6.07, 6.45) is 6.27. The first-order chi connectivity index (χ1) is 9.04. The van der Waals surface area contributed by atoms with Crippen molar-refractivity contribution in [1.29, 1.82) is 0 Å². The average molecular weight is 330 g/mol. The summed E-state index contributed by atoms with van der Waals surface area (Å²) in [6.45, 7) is 6.42. The number of unbranched alkanes of at least 4 members (excludes halogenated alkanes) is 3. The van der Waals surface area contributed by atoms with Crippen molar-refractivity contribution < 1.29 is 4.39 Å². The average Bonchev–Trinajstić information content (AvgIpc) is 2.34. The molecule has 1 rings (SSSR count). The highest BCUT2D eigenvalue weighted by molar-refractivity contribution is 9.10. The molecular weight excluding hydrogens is 305 g/mol. The van der Waals surface area contributed by atoms with Crippen LogP contribution in [-0.4, -0.2) is 6.04 Å². The summed E-state index contributed by atoms with van der Waals surface area (Å²) in [6, 6.07) is 5.74. The van der Waals surface area contributed by atoms with Gasteiger partial charge in [0.1, 0.15) is 5.82 Å². The van der Waals surface area contributed by atoms with Crippen LogP contribution in [0, 0.1) is 5.82 Å². The van der Waals surface area contributed by atoms with E-state index < -0.39 is 0 Å². The second kappa shape index (κ2) is 8.70. The van der Waals surface area contributed by atoms with E-state index in [1.807, 2.05) is 19.1 Å². The van der Waals surface area contributed by atoms with Crippen molar-refractivity contribution in [2.75, 3.05) is 0 Å². The van der Waals surface area contributed by atoms with Crippen LogP contribution < -0.4 is 5.32 Å². The normalized spacial score (nSPS) is 14.4. The molecule has 0 bridgehead atoms. The molecule has 1 N–H and O–H groups in total. The first kappa shape index (κ1) is 16.6. The molecule has 0 radical (unpaired) electrons. The standard InChI is InChI=1S/C16H25BrFN/c1-4-5-6-7-8-12(2)19-13(3)15-10-9-14(17)11-16(15)18/h9-13,19H,4-8H2,1-3H3. The van der Waals surface area contributed by atoms with Crippen molar-refractivity contribution in [2.24, 2.45) is 0 Å². The lowest BCUT2D eigenvalue weighted by Gasteiger charge is -2.21. The Bertz CT molecular complexity index is 381. The second-order valence-electron chi connectivity index (χ2n) is 5.30. The Morgan fingerprint density at radius 1 is 1.21 bits per heavy atom. The molecule has 0 amide bonds. The van der Waals surface area contributed by atoms with Crippen molar-refractivity contribution in [2.45, 2.75) is 65.0 Å². The molecule has 0 saturated heterocycles. The minimum Gasteiger partial charge on any atom is -0.308 e. The first-order valence-corrected chi connectivity index (χ1v) is 8.05. The van der Waals surface area contributed by atoms with Crippen LogP contribution in [0.4, 0.5) is 4.39 Å². The van der Waals surface area contributed by atoms with Gasteiger partial charge < -0.3 is 5.32 Å². The van der Waals surface area contributed by atoms with Crippen LogP contribution in [0.1, 0.15) is 64.5 Å². The Hall–Kier alpha value is -0.410. The zero-order valence-corrected chi connectivity index (χ0v) is 13.8. The molecule has 1 aromatic rings. The molecule has 0 fully saturated rings. The Morgan fingerprint density at radius 2 is 1.95 bits per heavy atom. The van der Waals surface area contributed by atoms with Gasteiger partial charge in [-0.25, -0.2) is 4.39 Å². The van der Waals surface area contributed by atoms with Crippen molar-refractivity contribution in [3.8, 4) is 0 Å². The highest BCUT2D eigenvalue weighted by Gasteiger charge is 2.13. The van der Waals surface area contributed by atoms with E-state index in [-0.39, 0.29) is 11.9 Å². The zero-order chi connectivity index (χ0) is 14.3. The van der Waals surface area contributed by atoms with Crippen molar-refractivity contribution in [3.63, 3.8) is 0 Å². The van der Waals surface area contributed by atoms with Gasteiger partial charge in [-0.05, 0) is 32.4 Å². The molecule has 0 heterocycles. The summed E-state index contributed by atoms with van der Waals surface area (Å²) in [4.78, 5) is 0. The van der Waals surface area contributed by atoms with E-state index >= 15 is 0 Å². The summed E-state index contributed by atoms with van der Waals surface area (Å²) < 4.78 is 14.6. The maximum atomic E-state index is 13.8. The lowest BCUT2D eigenvalue weighted by Crippen LogP contribution is -2.29. The van der Waals surface area contributed by atoms with Gasteiger partial charge in [0, 0.05) is 22.1 Å². The van der Waals surface area contributed by atoms with Crippen LogP contribution in [-0.2, 0) is 0 Å².